The van der Waals surface area contributed by atoms with Gasteiger partial charge in [0.1, 0.15) is 5.82 Å². The molecule has 38 heavy (non-hydrogen) atoms. The fourth-order valence-corrected chi connectivity index (χ4v) is 6.97. The molecule has 3 aromatic rings. The van der Waals surface area contributed by atoms with E-state index < -0.39 is 5.92 Å². The molecule has 2 aliphatic rings. The summed E-state index contributed by atoms with van der Waals surface area (Å²) in [5.41, 5.74) is 9.08. The second-order valence-electron chi connectivity index (χ2n) is 8.55. The molecule has 2 heterocycles. The molecular weight excluding hydrogens is 585 g/mol. The highest BCUT2D eigenvalue weighted by Crippen LogP contribution is 2.48. The third-order valence-corrected chi connectivity index (χ3v) is 9.12. The number of nitrogens with two attached hydrogens (primary N) is 1. The Morgan fingerprint density at radius 2 is 1.87 bits per heavy atom. The summed E-state index contributed by atoms with van der Waals surface area (Å²) in [5.74, 6) is -0.517. The van der Waals surface area contributed by atoms with E-state index in [1.807, 2.05) is 0 Å². The van der Waals surface area contributed by atoms with Crippen molar-refractivity contribution >= 4 is 74.6 Å². The van der Waals surface area contributed by atoms with Gasteiger partial charge in [-0.2, -0.15) is 5.26 Å². The van der Waals surface area contributed by atoms with Gasteiger partial charge in [0.15, 0.2) is 15.9 Å². The number of halogens is 3. The molecular formula is C26H18Cl3N5O2S2. The molecule has 0 bridgehead atoms. The van der Waals surface area contributed by atoms with Gasteiger partial charge >= 0.3 is 0 Å². The third kappa shape index (κ3) is 5.07. The summed E-state index contributed by atoms with van der Waals surface area (Å²) < 4.78 is 0.556. The number of carbonyl (C=O) groups is 2. The highest BCUT2D eigenvalue weighted by atomic mass is 35.5. The number of ketones is 2. The van der Waals surface area contributed by atoms with Crippen LogP contribution in [0.4, 0.5) is 5.13 Å². The van der Waals surface area contributed by atoms with E-state index in [-0.39, 0.29) is 28.7 Å². The van der Waals surface area contributed by atoms with Crippen molar-refractivity contribution in [2.45, 2.75) is 29.5 Å². The maximum atomic E-state index is 13.3. The predicted molar refractivity (Wildman–Crippen MR) is 151 cm³/mol. The first kappa shape index (κ1) is 26.7. The zero-order valence-electron chi connectivity index (χ0n) is 19.6. The molecule has 7 nitrogen and oxygen atoms in total. The summed E-state index contributed by atoms with van der Waals surface area (Å²) >= 11 is 21.0. The van der Waals surface area contributed by atoms with Gasteiger partial charge in [-0.1, -0.05) is 64.0 Å². The Kier molecular flexibility index (Phi) is 7.80. The maximum Gasteiger partial charge on any atom is 0.219 e. The molecule has 1 unspecified atom stereocenters. The zero-order valence-corrected chi connectivity index (χ0v) is 23.5. The van der Waals surface area contributed by atoms with Gasteiger partial charge in [-0.25, -0.2) is 0 Å². The second-order valence-corrected chi connectivity index (χ2v) is 12.0. The van der Waals surface area contributed by atoms with Gasteiger partial charge in [-0.05, 0) is 54.8 Å². The van der Waals surface area contributed by atoms with E-state index >= 15 is 0 Å². The molecule has 0 fully saturated rings. The van der Waals surface area contributed by atoms with Gasteiger partial charge in [0.25, 0.3) is 0 Å². The number of nitrogens with zero attached hydrogens (tertiary/aromatic N) is 4. The average molecular weight is 603 g/mol. The van der Waals surface area contributed by atoms with E-state index in [1.54, 1.807) is 47.4 Å². The van der Waals surface area contributed by atoms with Crippen molar-refractivity contribution in [2.75, 3.05) is 10.7 Å². The highest BCUT2D eigenvalue weighted by Gasteiger charge is 2.42. The molecule has 0 saturated heterocycles. The molecule has 0 radical (unpaired) electrons. The first-order valence-corrected chi connectivity index (χ1v) is 14.4. The largest absolute Gasteiger partial charge is 0.384 e. The van der Waals surface area contributed by atoms with Crippen LogP contribution in [0.3, 0.4) is 0 Å². The number of aromatic nitrogens is 2. The van der Waals surface area contributed by atoms with E-state index in [0.717, 1.165) is 0 Å². The average Bonchev–Trinajstić information content (AvgIpc) is 3.36. The van der Waals surface area contributed by atoms with Gasteiger partial charge in [0, 0.05) is 38.3 Å². The third-order valence-electron chi connectivity index (χ3n) is 6.27. The van der Waals surface area contributed by atoms with Crippen LogP contribution in [-0.4, -0.2) is 27.5 Å². The van der Waals surface area contributed by atoms with E-state index in [2.05, 4.69) is 16.3 Å². The number of nitriles is 1. The lowest BCUT2D eigenvalue weighted by molar-refractivity contribution is -0.116. The summed E-state index contributed by atoms with van der Waals surface area (Å²) in [7, 11) is 0. The summed E-state index contributed by atoms with van der Waals surface area (Å²) in [4.78, 5) is 27.5. The van der Waals surface area contributed by atoms with Crippen molar-refractivity contribution in [3.8, 4) is 6.07 Å². The molecule has 0 spiro atoms. The number of benzene rings is 2. The smallest absolute Gasteiger partial charge is 0.219 e. The lowest BCUT2D eigenvalue weighted by atomic mass is 9.76. The molecule has 1 aromatic heterocycles. The van der Waals surface area contributed by atoms with Gasteiger partial charge in [-0.3, -0.25) is 14.5 Å². The number of anilines is 1. The number of hydrogen-bond donors (Lipinski definition) is 1. The van der Waals surface area contributed by atoms with Crippen LogP contribution in [0.15, 0.2) is 69.5 Å². The molecule has 192 valence electrons. The Balaban J connectivity index is 1.49. The van der Waals surface area contributed by atoms with Crippen molar-refractivity contribution in [1.29, 1.82) is 5.26 Å². The van der Waals surface area contributed by atoms with Crippen molar-refractivity contribution in [3.05, 3.63) is 91.3 Å². The van der Waals surface area contributed by atoms with Crippen LogP contribution in [0.25, 0.3) is 0 Å². The monoisotopic (exact) mass is 601 g/mol. The van der Waals surface area contributed by atoms with E-state index in [4.69, 9.17) is 40.5 Å². The Morgan fingerprint density at radius 3 is 2.58 bits per heavy atom. The lowest BCUT2D eigenvalue weighted by Gasteiger charge is -2.38. The first-order valence-electron chi connectivity index (χ1n) is 11.4. The van der Waals surface area contributed by atoms with Crippen molar-refractivity contribution in [1.82, 2.24) is 10.2 Å². The molecule has 1 aliphatic carbocycles. The van der Waals surface area contributed by atoms with Gasteiger partial charge in [0.05, 0.1) is 23.3 Å². The number of rotatable bonds is 6. The number of thioether (sulfide) groups is 1. The Labute approximate surface area is 241 Å². The highest BCUT2D eigenvalue weighted by molar-refractivity contribution is 8.01. The normalized spacial score (nSPS) is 17.5. The van der Waals surface area contributed by atoms with Crippen molar-refractivity contribution in [3.63, 3.8) is 0 Å². The van der Waals surface area contributed by atoms with Crippen LogP contribution in [0.2, 0.25) is 15.1 Å². The number of Topliss-reactive ketones (excluding diaryl/α,β-unsaturated/α-hetero) is 2. The molecule has 5 rings (SSSR count). The first-order chi connectivity index (χ1) is 18.3. The van der Waals surface area contributed by atoms with Crippen molar-refractivity contribution in [2.24, 2.45) is 5.73 Å². The van der Waals surface area contributed by atoms with E-state index in [9.17, 15) is 14.9 Å². The minimum absolute atomic E-state index is 0.0693. The quantitative estimate of drug-likeness (QED) is 0.243. The van der Waals surface area contributed by atoms with Gasteiger partial charge in [-0.15, -0.1) is 10.2 Å². The summed E-state index contributed by atoms with van der Waals surface area (Å²) in [6.07, 6.45) is 1.57. The topological polar surface area (TPSA) is 113 Å². The molecule has 1 aliphatic heterocycles. The fourth-order valence-electron chi connectivity index (χ4n) is 4.55. The van der Waals surface area contributed by atoms with Crippen LogP contribution < -0.4 is 10.6 Å². The lowest BCUT2D eigenvalue weighted by Crippen LogP contribution is -2.38. The molecule has 1 atom stereocenters. The molecule has 2 aromatic carbocycles. The van der Waals surface area contributed by atoms with Crippen LogP contribution in [0.1, 0.15) is 41.1 Å². The minimum atomic E-state index is -0.706. The van der Waals surface area contributed by atoms with Gasteiger partial charge in [0.2, 0.25) is 5.13 Å². The zero-order chi connectivity index (χ0) is 27.0. The summed E-state index contributed by atoms with van der Waals surface area (Å²) in [6.45, 7) is 0. The summed E-state index contributed by atoms with van der Waals surface area (Å²) in [6, 6.07) is 13.9. The van der Waals surface area contributed by atoms with Crippen LogP contribution in [0.5, 0.6) is 0 Å². The maximum absolute atomic E-state index is 13.3. The second kappa shape index (κ2) is 11.1. The van der Waals surface area contributed by atoms with Crippen LogP contribution in [-0.2, 0) is 4.79 Å². The van der Waals surface area contributed by atoms with E-state index in [1.165, 1.54) is 23.1 Å². The number of allylic oxidation sites excluding steroid dienone is 3. The molecule has 12 heteroatoms. The predicted octanol–water partition coefficient (Wildman–Crippen LogP) is 6.78. The minimum Gasteiger partial charge on any atom is -0.384 e. The van der Waals surface area contributed by atoms with Crippen LogP contribution >= 0.6 is 57.9 Å². The Bertz CT molecular complexity index is 1560. The molecule has 0 saturated carbocycles. The number of hydrogen-bond acceptors (Lipinski definition) is 9. The number of carbonyl (C=O) groups excluding carboxylic acids is 2. The molecule has 2 N–H and O–H groups in total. The van der Waals surface area contributed by atoms with Gasteiger partial charge < -0.3 is 5.73 Å². The molecule has 0 amide bonds. The standard InChI is InChI=1S/C26H18Cl3N5O2S2/c27-14-6-4-13(5-7-14)21(36)12-37-26-33-32-25(38-26)34-19-2-1-3-20(35)23(19)22(17(11-30)24(34)31)16-9-8-15(28)10-18(16)29/h4-10,22H,1-3,12,31H2. The van der Waals surface area contributed by atoms with E-state index in [0.29, 0.717) is 66.2 Å². The Morgan fingerprint density at radius 1 is 1.13 bits per heavy atom. The SMILES string of the molecule is N#CC1=C(N)N(c2nnc(SCC(=O)c3ccc(Cl)cc3)s2)C2=C(C(=O)CCC2)C1c1ccc(Cl)cc1Cl. The summed E-state index contributed by atoms with van der Waals surface area (Å²) in [5, 5.41) is 20.4. The van der Waals surface area contributed by atoms with Crippen LogP contribution in [0, 0.1) is 11.3 Å². The van der Waals surface area contributed by atoms with Crippen molar-refractivity contribution < 1.29 is 9.59 Å². The fraction of sp³-hybridized carbons (Fsp3) is 0.192. The Hall–Kier alpha value is -2.87.